The minimum Gasteiger partial charge on any atom is -0.393 e. The van der Waals surface area contributed by atoms with Crippen LogP contribution in [0.1, 0.15) is 61.3 Å². The van der Waals surface area contributed by atoms with Gasteiger partial charge in [-0.25, -0.2) is 0 Å². The first-order valence-corrected chi connectivity index (χ1v) is 10.2. The number of aliphatic hydroxyl groups is 1. The zero-order chi connectivity index (χ0) is 21.2. The minimum atomic E-state index is -0.210. The van der Waals surface area contributed by atoms with Crippen molar-refractivity contribution in [2.24, 2.45) is 5.41 Å². The first kappa shape index (κ1) is 23.9. The van der Waals surface area contributed by atoms with E-state index in [-0.39, 0.29) is 11.5 Å². The van der Waals surface area contributed by atoms with Gasteiger partial charge in [0, 0.05) is 0 Å². The Labute approximate surface area is 172 Å². The predicted octanol–water partition coefficient (Wildman–Crippen LogP) is 7.57. The van der Waals surface area contributed by atoms with Crippen LogP contribution in [0.25, 0.3) is 0 Å². The predicted molar refractivity (Wildman–Crippen MR) is 125 cm³/mol. The van der Waals surface area contributed by atoms with Gasteiger partial charge in [0.2, 0.25) is 0 Å². The van der Waals surface area contributed by atoms with Crippen molar-refractivity contribution in [2.75, 3.05) is 0 Å². The minimum absolute atomic E-state index is 0.0275. The first-order chi connectivity index (χ1) is 13.2. The van der Waals surface area contributed by atoms with Gasteiger partial charge in [-0.2, -0.15) is 0 Å². The van der Waals surface area contributed by atoms with Crippen molar-refractivity contribution in [3.63, 3.8) is 0 Å². The van der Waals surface area contributed by atoms with Crippen molar-refractivity contribution in [1.29, 1.82) is 0 Å². The third-order valence-corrected chi connectivity index (χ3v) is 4.97. The molecular formula is C27H38O. The van der Waals surface area contributed by atoms with E-state index in [9.17, 15) is 5.11 Å². The summed E-state index contributed by atoms with van der Waals surface area (Å²) in [4.78, 5) is 0. The van der Waals surface area contributed by atoms with Gasteiger partial charge in [-0.3, -0.25) is 0 Å². The second-order valence-corrected chi connectivity index (χ2v) is 8.45. The molecule has 0 bridgehead atoms. The Hall–Kier alpha value is -2.12. The van der Waals surface area contributed by atoms with E-state index in [2.05, 4.69) is 102 Å². The highest BCUT2D eigenvalue weighted by Crippen LogP contribution is 2.41. The summed E-state index contributed by atoms with van der Waals surface area (Å²) in [5, 5.41) is 10.0. The van der Waals surface area contributed by atoms with Crippen LogP contribution >= 0.6 is 0 Å². The Kier molecular flexibility index (Phi) is 9.96. The molecule has 0 amide bonds. The molecule has 0 aromatic carbocycles. The zero-order valence-electron chi connectivity index (χ0n) is 18.8. The standard InChI is InChI=1S/C27H38O/c1-8-12-21(2)13-9-10-14-22(3)15-11-16-23(4)17-18-26-24(5)19-25(28)20-27(26,6)7/h8-18,25,28H,19-20H2,1-7H3/t25-/m1/s1. The molecule has 0 aromatic heterocycles. The summed E-state index contributed by atoms with van der Waals surface area (Å²) in [5.41, 5.74) is 6.35. The molecule has 1 atom stereocenters. The molecule has 1 aliphatic rings. The molecule has 1 nitrogen and oxygen atoms in total. The van der Waals surface area contributed by atoms with E-state index in [1.807, 2.05) is 13.0 Å². The van der Waals surface area contributed by atoms with Gasteiger partial charge < -0.3 is 5.11 Å². The van der Waals surface area contributed by atoms with Crippen LogP contribution in [-0.4, -0.2) is 11.2 Å². The third-order valence-electron chi connectivity index (χ3n) is 4.97. The lowest BCUT2D eigenvalue weighted by molar-refractivity contribution is 0.116. The molecule has 0 heterocycles. The van der Waals surface area contributed by atoms with E-state index in [1.165, 1.54) is 27.9 Å². The summed E-state index contributed by atoms with van der Waals surface area (Å²) in [6.07, 6.45) is 24.6. The van der Waals surface area contributed by atoms with Gasteiger partial charge in [0.1, 0.15) is 0 Å². The van der Waals surface area contributed by atoms with E-state index >= 15 is 0 Å². The Morgan fingerprint density at radius 3 is 2.00 bits per heavy atom. The second-order valence-electron chi connectivity index (χ2n) is 8.45. The molecule has 0 spiro atoms. The number of allylic oxidation sites excluding steroid dienone is 15. The van der Waals surface area contributed by atoms with Crippen molar-refractivity contribution < 1.29 is 5.11 Å². The fourth-order valence-corrected chi connectivity index (χ4v) is 3.59. The molecular weight excluding hydrogens is 340 g/mol. The Morgan fingerprint density at radius 2 is 1.43 bits per heavy atom. The summed E-state index contributed by atoms with van der Waals surface area (Å²) >= 11 is 0. The number of aliphatic hydroxyl groups excluding tert-OH is 1. The molecule has 0 aliphatic heterocycles. The SMILES string of the molecule is CC=CC(C)=CC=CC=C(C)C=CC=C(C)C=CC1=C(C)C[C@@H](O)CC1(C)C. The lowest BCUT2D eigenvalue weighted by Crippen LogP contribution is -2.28. The van der Waals surface area contributed by atoms with Gasteiger partial charge in [0.25, 0.3) is 0 Å². The van der Waals surface area contributed by atoms with E-state index in [0.29, 0.717) is 0 Å². The molecule has 1 N–H and O–H groups in total. The van der Waals surface area contributed by atoms with Crippen LogP contribution in [0.2, 0.25) is 0 Å². The highest BCUT2D eigenvalue weighted by molar-refractivity contribution is 5.38. The average Bonchev–Trinajstić information content (AvgIpc) is 2.57. The summed E-state index contributed by atoms with van der Waals surface area (Å²) in [5.74, 6) is 0. The largest absolute Gasteiger partial charge is 0.393 e. The van der Waals surface area contributed by atoms with Crippen LogP contribution in [0.4, 0.5) is 0 Å². The van der Waals surface area contributed by atoms with Crippen LogP contribution in [0.3, 0.4) is 0 Å². The fourth-order valence-electron chi connectivity index (χ4n) is 3.59. The van der Waals surface area contributed by atoms with Crippen molar-refractivity contribution in [2.45, 2.75) is 67.4 Å². The summed E-state index contributed by atoms with van der Waals surface area (Å²) < 4.78 is 0. The van der Waals surface area contributed by atoms with Gasteiger partial charge in [0.15, 0.2) is 0 Å². The number of hydrogen-bond donors (Lipinski definition) is 1. The van der Waals surface area contributed by atoms with E-state index in [1.54, 1.807) is 0 Å². The third kappa shape index (κ3) is 8.71. The van der Waals surface area contributed by atoms with Crippen molar-refractivity contribution in [3.8, 4) is 0 Å². The van der Waals surface area contributed by atoms with Crippen LogP contribution in [0, 0.1) is 5.41 Å². The topological polar surface area (TPSA) is 20.2 Å². The quantitative estimate of drug-likeness (QED) is 0.453. The molecule has 0 unspecified atom stereocenters. The van der Waals surface area contributed by atoms with Crippen LogP contribution in [0.15, 0.2) is 94.7 Å². The van der Waals surface area contributed by atoms with E-state index < -0.39 is 0 Å². The second kappa shape index (κ2) is 11.7. The maximum atomic E-state index is 10.0. The molecule has 0 aromatic rings. The molecule has 0 fully saturated rings. The summed E-state index contributed by atoms with van der Waals surface area (Å²) in [6, 6.07) is 0. The van der Waals surface area contributed by atoms with Crippen LogP contribution in [-0.2, 0) is 0 Å². The van der Waals surface area contributed by atoms with Gasteiger partial charge in [-0.1, -0.05) is 103 Å². The average molecular weight is 379 g/mol. The van der Waals surface area contributed by atoms with E-state index in [4.69, 9.17) is 0 Å². The maximum absolute atomic E-state index is 10.0. The van der Waals surface area contributed by atoms with E-state index in [0.717, 1.165) is 12.8 Å². The number of hydrogen-bond acceptors (Lipinski definition) is 1. The van der Waals surface area contributed by atoms with Gasteiger partial charge >= 0.3 is 0 Å². The van der Waals surface area contributed by atoms with Crippen LogP contribution < -0.4 is 0 Å². The monoisotopic (exact) mass is 378 g/mol. The van der Waals surface area contributed by atoms with Crippen molar-refractivity contribution >= 4 is 0 Å². The highest BCUT2D eigenvalue weighted by atomic mass is 16.3. The molecule has 152 valence electrons. The Morgan fingerprint density at radius 1 is 0.893 bits per heavy atom. The maximum Gasteiger partial charge on any atom is 0.0585 e. The van der Waals surface area contributed by atoms with Crippen molar-refractivity contribution in [3.05, 3.63) is 94.7 Å². The lowest BCUT2D eigenvalue weighted by Gasteiger charge is -2.35. The smallest absolute Gasteiger partial charge is 0.0585 e. The zero-order valence-corrected chi connectivity index (χ0v) is 18.8. The van der Waals surface area contributed by atoms with Gasteiger partial charge in [-0.15, -0.1) is 0 Å². The normalized spacial score (nSPS) is 22.6. The molecule has 0 saturated heterocycles. The van der Waals surface area contributed by atoms with Crippen molar-refractivity contribution in [1.82, 2.24) is 0 Å². The summed E-state index contributed by atoms with van der Waals surface area (Å²) in [7, 11) is 0. The summed E-state index contributed by atoms with van der Waals surface area (Å²) in [6.45, 7) is 14.9. The molecule has 1 rings (SSSR count). The first-order valence-electron chi connectivity index (χ1n) is 10.2. The molecule has 0 radical (unpaired) electrons. The molecule has 1 aliphatic carbocycles. The fraction of sp³-hybridized carbons (Fsp3) is 0.407. The molecule has 1 heteroatoms. The molecule has 28 heavy (non-hydrogen) atoms. The Balaban J connectivity index is 2.72. The van der Waals surface area contributed by atoms with Gasteiger partial charge in [0.05, 0.1) is 6.10 Å². The highest BCUT2D eigenvalue weighted by Gasteiger charge is 2.31. The Bertz CT molecular complexity index is 758. The molecule has 0 saturated carbocycles. The number of rotatable bonds is 7. The van der Waals surface area contributed by atoms with Crippen LogP contribution in [0.5, 0.6) is 0 Å². The van der Waals surface area contributed by atoms with Gasteiger partial charge in [-0.05, 0) is 58.4 Å². The lowest BCUT2D eigenvalue weighted by atomic mass is 9.71.